The molecule has 1 fully saturated rings. The van der Waals surface area contributed by atoms with Crippen LogP contribution in [0.15, 0.2) is 24.3 Å². The monoisotopic (exact) mass is 480 g/mol. The highest BCUT2D eigenvalue weighted by molar-refractivity contribution is 5.94. The number of rotatable bonds is 8. The van der Waals surface area contributed by atoms with Gasteiger partial charge in [0.05, 0.1) is 23.3 Å². The number of fused-ring (bicyclic) bond motifs is 2. The number of carbonyl (C=O) groups is 2. The van der Waals surface area contributed by atoms with E-state index in [2.05, 4.69) is 10.2 Å². The first-order valence-electron chi connectivity index (χ1n) is 12.2. The predicted molar refractivity (Wildman–Crippen MR) is 128 cm³/mol. The minimum absolute atomic E-state index is 0.264. The van der Waals surface area contributed by atoms with Crippen LogP contribution < -0.4 is 5.32 Å². The summed E-state index contributed by atoms with van der Waals surface area (Å²) in [4.78, 5) is 25.9. The zero-order chi connectivity index (χ0) is 24.7. The number of esters is 2. The van der Waals surface area contributed by atoms with Crippen LogP contribution in [0.1, 0.15) is 79.1 Å². The van der Waals surface area contributed by atoms with Gasteiger partial charge in [-0.1, -0.05) is 12.1 Å². The second kappa shape index (κ2) is 9.70. The van der Waals surface area contributed by atoms with Crippen LogP contribution in [0.2, 0.25) is 0 Å². The Morgan fingerprint density at radius 3 is 2.11 bits per heavy atom. The van der Waals surface area contributed by atoms with E-state index in [4.69, 9.17) is 9.47 Å². The number of hydrogen-bond donors (Lipinski definition) is 3. The van der Waals surface area contributed by atoms with E-state index >= 15 is 0 Å². The Kier molecular flexibility index (Phi) is 6.63. The Bertz CT molecular complexity index is 1160. The van der Waals surface area contributed by atoms with Gasteiger partial charge in [0.25, 0.3) is 0 Å². The standard InChI is InChI=1S/C27H32N2O6/c1-15-18(5-7-20-22(15)13-34-26(20)32)24(30)11-28-10-17-4-3-9-29(17)12-25(31)19-6-8-21-23(16(19)2)14-35-27(21)33/h5-8,17,24-25,28,30-31H,3-4,9-14H2,1-2H3. The van der Waals surface area contributed by atoms with Crippen molar-refractivity contribution in [3.63, 3.8) is 0 Å². The van der Waals surface area contributed by atoms with Crippen LogP contribution in [0.25, 0.3) is 0 Å². The Hall–Kier alpha value is -2.78. The fourth-order valence-electron chi connectivity index (χ4n) is 5.64. The van der Waals surface area contributed by atoms with Gasteiger partial charge < -0.3 is 25.0 Å². The zero-order valence-electron chi connectivity index (χ0n) is 20.2. The molecule has 8 heteroatoms. The number of aliphatic hydroxyl groups excluding tert-OH is 2. The number of β-amino-alcohol motifs (C(OH)–C–C–N with tert-alkyl or cyclic N) is 1. The van der Waals surface area contributed by atoms with Crippen molar-refractivity contribution in [2.75, 3.05) is 26.2 Å². The number of aliphatic hydroxyl groups is 2. The molecule has 8 nitrogen and oxygen atoms in total. The molecule has 0 radical (unpaired) electrons. The quantitative estimate of drug-likeness (QED) is 0.495. The summed E-state index contributed by atoms with van der Waals surface area (Å²) in [5.74, 6) is -0.600. The molecular formula is C27H32N2O6. The number of carbonyl (C=O) groups excluding carboxylic acids is 2. The van der Waals surface area contributed by atoms with Crippen molar-refractivity contribution in [1.82, 2.24) is 10.2 Å². The van der Waals surface area contributed by atoms with Gasteiger partial charge in [0.15, 0.2) is 0 Å². The Balaban J connectivity index is 1.17. The maximum atomic E-state index is 11.8. The molecule has 2 aromatic rings. The van der Waals surface area contributed by atoms with Gasteiger partial charge in [-0.05, 0) is 67.6 Å². The number of hydrogen-bond acceptors (Lipinski definition) is 8. The summed E-state index contributed by atoms with van der Waals surface area (Å²) in [6.45, 7) is 6.93. The van der Waals surface area contributed by atoms with Crippen LogP contribution in [0.5, 0.6) is 0 Å². The van der Waals surface area contributed by atoms with Gasteiger partial charge in [-0.3, -0.25) is 4.90 Å². The summed E-state index contributed by atoms with van der Waals surface area (Å²) in [6.07, 6.45) is 0.751. The smallest absolute Gasteiger partial charge is 0.338 e. The van der Waals surface area contributed by atoms with Crippen molar-refractivity contribution in [3.05, 3.63) is 68.8 Å². The average Bonchev–Trinajstić information content (AvgIpc) is 3.54. The maximum Gasteiger partial charge on any atom is 0.338 e. The molecule has 3 aliphatic rings. The highest BCUT2D eigenvalue weighted by Crippen LogP contribution is 2.31. The zero-order valence-corrected chi connectivity index (χ0v) is 20.2. The number of ether oxygens (including phenoxy) is 2. The fraction of sp³-hybridized carbons (Fsp3) is 0.481. The van der Waals surface area contributed by atoms with Gasteiger partial charge in [0, 0.05) is 36.8 Å². The van der Waals surface area contributed by atoms with E-state index in [0.29, 0.717) is 30.8 Å². The van der Waals surface area contributed by atoms with Crippen LogP contribution in [0.4, 0.5) is 0 Å². The predicted octanol–water partition coefficient (Wildman–Crippen LogP) is 2.47. The minimum atomic E-state index is -0.685. The van der Waals surface area contributed by atoms with Gasteiger partial charge >= 0.3 is 11.9 Å². The number of likely N-dealkylation sites (tertiary alicyclic amines) is 1. The first-order chi connectivity index (χ1) is 16.8. The lowest BCUT2D eigenvalue weighted by Crippen LogP contribution is -2.41. The van der Waals surface area contributed by atoms with E-state index in [-0.39, 0.29) is 31.2 Å². The molecule has 5 rings (SSSR count). The molecule has 3 atom stereocenters. The van der Waals surface area contributed by atoms with Crippen LogP contribution in [0, 0.1) is 13.8 Å². The van der Waals surface area contributed by atoms with E-state index in [1.807, 2.05) is 26.0 Å². The lowest BCUT2D eigenvalue weighted by molar-refractivity contribution is 0.0525. The topological polar surface area (TPSA) is 108 Å². The van der Waals surface area contributed by atoms with Gasteiger partial charge in [-0.25, -0.2) is 9.59 Å². The van der Waals surface area contributed by atoms with Crippen LogP contribution >= 0.6 is 0 Å². The summed E-state index contributed by atoms with van der Waals surface area (Å²) < 4.78 is 10.3. The second-order valence-electron chi connectivity index (χ2n) is 9.74. The molecule has 2 aromatic carbocycles. The molecular weight excluding hydrogens is 448 g/mol. The van der Waals surface area contributed by atoms with Crippen molar-refractivity contribution >= 4 is 11.9 Å². The molecule has 3 heterocycles. The number of nitrogens with zero attached hydrogens (tertiary/aromatic N) is 1. The van der Waals surface area contributed by atoms with E-state index in [1.165, 1.54) is 0 Å². The molecule has 186 valence electrons. The normalized spacial score (nSPS) is 21.0. The summed E-state index contributed by atoms with van der Waals surface area (Å²) in [7, 11) is 0. The SMILES string of the molecule is Cc1c(C(O)CNCC2CCCN2CC(O)c2ccc3c(c2C)COC3=O)ccc2c1COC2=O. The molecule has 3 unspecified atom stereocenters. The minimum Gasteiger partial charge on any atom is -0.457 e. The summed E-state index contributed by atoms with van der Waals surface area (Å²) in [5.41, 5.74) is 6.40. The molecule has 0 bridgehead atoms. The Morgan fingerprint density at radius 1 is 0.943 bits per heavy atom. The highest BCUT2D eigenvalue weighted by atomic mass is 16.5. The van der Waals surface area contributed by atoms with E-state index in [0.717, 1.165) is 52.8 Å². The highest BCUT2D eigenvalue weighted by Gasteiger charge is 2.30. The van der Waals surface area contributed by atoms with Crippen molar-refractivity contribution in [2.45, 2.75) is 58.2 Å². The average molecular weight is 481 g/mol. The third-order valence-electron chi connectivity index (χ3n) is 7.76. The molecule has 0 aliphatic carbocycles. The molecule has 0 spiro atoms. The largest absolute Gasteiger partial charge is 0.457 e. The lowest BCUT2D eigenvalue weighted by atomic mass is 9.95. The van der Waals surface area contributed by atoms with Crippen molar-refractivity contribution in [1.29, 1.82) is 0 Å². The van der Waals surface area contributed by atoms with E-state index in [1.54, 1.807) is 12.1 Å². The summed E-state index contributed by atoms with van der Waals surface area (Å²) in [6, 6.07) is 7.40. The van der Waals surface area contributed by atoms with Gasteiger partial charge in [0.1, 0.15) is 13.2 Å². The van der Waals surface area contributed by atoms with Gasteiger partial charge in [0.2, 0.25) is 0 Å². The molecule has 0 amide bonds. The summed E-state index contributed by atoms with van der Waals surface area (Å²) >= 11 is 0. The molecule has 3 aliphatic heterocycles. The lowest BCUT2D eigenvalue weighted by Gasteiger charge is -2.28. The van der Waals surface area contributed by atoms with Gasteiger partial charge in [-0.15, -0.1) is 0 Å². The second-order valence-corrected chi connectivity index (χ2v) is 9.74. The molecule has 0 aromatic heterocycles. The molecule has 3 N–H and O–H groups in total. The number of nitrogens with one attached hydrogen (secondary N) is 1. The molecule has 1 saturated heterocycles. The molecule has 35 heavy (non-hydrogen) atoms. The van der Waals surface area contributed by atoms with Crippen LogP contribution in [-0.4, -0.2) is 59.3 Å². The van der Waals surface area contributed by atoms with Crippen LogP contribution in [-0.2, 0) is 22.7 Å². The van der Waals surface area contributed by atoms with Crippen molar-refractivity contribution in [2.24, 2.45) is 0 Å². The first kappa shape index (κ1) is 23.9. The first-order valence-corrected chi connectivity index (χ1v) is 12.2. The van der Waals surface area contributed by atoms with Gasteiger partial charge in [-0.2, -0.15) is 0 Å². The van der Waals surface area contributed by atoms with Crippen molar-refractivity contribution < 1.29 is 29.3 Å². The molecule has 0 saturated carbocycles. The summed E-state index contributed by atoms with van der Waals surface area (Å²) in [5, 5.41) is 25.2. The fourth-order valence-corrected chi connectivity index (χ4v) is 5.64. The Labute approximate surface area is 204 Å². The third kappa shape index (κ3) is 4.47. The maximum absolute atomic E-state index is 11.8. The van der Waals surface area contributed by atoms with E-state index < -0.39 is 12.2 Å². The van der Waals surface area contributed by atoms with Crippen LogP contribution in [0.3, 0.4) is 0 Å². The van der Waals surface area contributed by atoms with E-state index in [9.17, 15) is 19.8 Å². The third-order valence-corrected chi connectivity index (χ3v) is 7.76. The number of cyclic esters (lactones) is 2. The van der Waals surface area contributed by atoms with Crippen molar-refractivity contribution in [3.8, 4) is 0 Å². The Morgan fingerprint density at radius 2 is 1.51 bits per heavy atom. The number of benzene rings is 2.